The number of nitrogens with zero attached hydrogens (tertiary/aromatic N) is 2. The second kappa shape index (κ2) is 7.85. The quantitative estimate of drug-likeness (QED) is 0.260. The molecule has 4 rings (SSSR count). The Morgan fingerprint density at radius 2 is 0.968 bits per heavy atom. The van der Waals surface area contributed by atoms with Gasteiger partial charge in [-0.3, -0.25) is 0 Å². The Labute approximate surface area is 207 Å². The lowest BCUT2D eigenvalue weighted by Crippen LogP contribution is -2.55. The number of hydrogen-bond acceptors (Lipinski definition) is 2. The Morgan fingerprint density at radius 3 is 1.39 bits per heavy atom. The standard InChI is InChI=1S/C24H39IN2Si4/c1-28(2)15-16-29(3,4)26(28)21-11-9-20(10-12-21)23-14-13-22(19-24(23)25)27-30(5,6)17-18-31(27,7)8/h9-14,19H,15-18H2,1-8H3. The molecule has 2 aromatic carbocycles. The van der Waals surface area contributed by atoms with Crippen molar-refractivity contribution < 1.29 is 0 Å². The summed E-state index contributed by atoms with van der Waals surface area (Å²) in [5.74, 6) is 0. The second-order valence-electron chi connectivity index (χ2n) is 12.1. The van der Waals surface area contributed by atoms with Crippen molar-refractivity contribution in [2.45, 2.75) is 76.6 Å². The van der Waals surface area contributed by atoms with Crippen LogP contribution in [0.5, 0.6) is 0 Å². The Bertz CT molecular complexity index is 954. The van der Waals surface area contributed by atoms with Crippen LogP contribution in [0.15, 0.2) is 42.5 Å². The highest BCUT2D eigenvalue weighted by Gasteiger charge is 2.48. The molecule has 2 fully saturated rings. The maximum absolute atomic E-state index is 2.92. The Morgan fingerprint density at radius 1 is 0.581 bits per heavy atom. The van der Waals surface area contributed by atoms with Gasteiger partial charge in [0.2, 0.25) is 0 Å². The molecule has 0 spiro atoms. The SMILES string of the molecule is C[Si]1(C)CC[Si](C)(C)N1c1ccc(-c2ccc(N3[Si](C)(C)CC[Si]3(C)C)cc2I)cc1. The van der Waals surface area contributed by atoms with Gasteiger partial charge in [0.15, 0.2) is 0 Å². The van der Waals surface area contributed by atoms with E-state index in [4.69, 9.17) is 0 Å². The minimum Gasteiger partial charge on any atom is -0.424 e. The molecular weight excluding hydrogens is 556 g/mol. The van der Waals surface area contributed by atoms with Crippen LogP contribution in [0.1, 0.15) is 0 Å². The first-order valence-corrected chi connectivity index (χ1v) is 25.5. The molecule has 0 saturated carbocycles. The molecule has 0 aromatic heterocycles. The van der Waals surface area contributed by atoms with E-state index in [0.717, 1.165) is 0 Å². The molecule has 2 saturated heterocycles. The minimum absolute atomic E-state index is 1.31. The fourth-order valence-corrected chi connectivity index (χ4v) is 35.7. The molecule has 0 N–H and O–H groups in total. The van der Waals surface area contributed by atoms with Crippen molar-refractivity contribution in [1.29, 1.82) is 0 Å². The van der Waals surface area contributed by atoms with Gasteiger partial charge in [-0.1, -0.05) is 70.6 Å². The summed E-state index contributed by atoms with van der Waals surface area (Å²) in [6.07, 6.45) is 0. The van der Waals surface area contributed by atoms with Crippen LogP contribution >= 0.6 is 22.6 Å². The highest BCUT2D eigenvalue weighted by molar-refractivity contribution is 14.1. The van der Waals surface area contributed by atoms with Crippen molar-refractivity contribution in [2.24, 2.45) is 0 Å². The van der Waals surface area contributed by atoms with E-state index in [0.29, 0.717) is 0 Å². The summed E-state index contributed by atoms with van der Waals surface area (Å²) in [6, 6.07) is 22.6. The highest BCUT2D eigenvalue weighted by Crippen LogP contribution is 2.43. The summed E-state index contributed by atoms with van der Waals surface area (Å²) in [5.41, 5.74) is 5.68. The van der Waals surface area contributed by atoms with Crippen molar-refractivity contribution in [3.05, 3.63) is 46.0 Å². The van der Waals surface area contributed by atoms with Crippen molar-refractivity contribution in [3.8, 4) is 11.1 Å². The molecule has 2 aromatic rings. The molecule has 0 radical (unpaired) electrons. The van der Waals surface area contributed by atoms with Crippen LogP contribution in [0, 0.1) is 3.57 Å². The van der Waals surface area contributed by atoms with Gasteiger partial charge in [0, 0.05) is 14.9 Å². The average Bonchev–Trinajstić information content (AvgIpc) is 3.02. The largest absolute Gasteiger partial charge is 0.424 e. The van der Waals surface area contributed by atoms with Crippen molar-refractivity contribution in [1.82, 2.24) is 0 Å². The smallest absolute Gasteiger partial charge is 0.141 e. The van der Waals surface area contributed by atoms with E-state index in [-0.39, 0.29) is 0 Å². The molecule has 31 heavy (non-hydrogen) atoms. The van der Waals surface area contributed by atoms with Gasteiger partial charge in [-0.2, -0.15) is 0 Å². The summed E-state index contributed by atoms with van der Waals surface area (Å²) in [6.45, 7) is 20.4. The van der Waals surface area contributed by atoms with Crippen LogP contribution in [-0.4, -0.2) is 32.9 Å². The molecular formula is C24H39IN2Si4. The summed E-state index contributed by atoms with van der Waals surface area (Å²) in [7, 11) is -5.26. The average molecular weight is 595 g/mol. The van der Waals surface area contributed by atoms with E-state index in [1.54, 1.807) is 0 Å². The fraction of sp³-hybridized carbons (Fsp3) is 0.500. The molecule has 0 aliphatic carbocycles. The fourth-order valence-electron chi connectivity index (χ4n) is 6.37. The van der Waals surface area contributed by atoms with Gasteiger partial charge in [0.25, 0.3) is 0 Å². The first-order valence-electron chi connectivity index (χ1n) is 11.8. The first kappa shape index (κ1) is 23.8. The van der Waals surface area contributed by atoms with Gasteiger partial charge in [0.05, 0.1) is 0 Å². The molecule has 2 nitrogen and oxygen atoms in total. The molecule has 2 aliphatic rings. The minimum atomic E-state index is -1.32. The van der Waals surface area contributed by atoms with Crippen molar-refractivity contribution in [2.75, 3.05) is 8.46 Å². The number of anilines is 2. The number of hydrogen-bond donors (Lipinski definition) is 0. The van der Waals surface area contributed by atoms with Gasteiger partial charge in [-0.25, -0.2) is 0 Å². The zero-order chi connectivity index (χ0) is 22.8. The van der Waals surface area contributed by atoms with Crippen LogP contribution in [0.2, 0.25) is 76.6 Å². The number of halogens is 1. The van der Waals surface area contributed by atoms with E-state index in [2.05, 4.69) is 126 Å². The maximum atomic E-state index is 2.92. The molecule has 0 unspecified atom stereocenters. The molecule has 168 valence electrons. The highest BCUT2D eigenvalue weighted by atomic mass is 127. The second-order valence-corrected chi connectivity index (χ2v) is 32.5. The van der Waals surface area contributed by atoms with Crippen molar-refractivity contribution >= 4 is 66.9 Å². The third-order valence-electron chi connectivity index (χ3n) is 7.77. The lowest BCUT2D eigenvalue weighted by Gasteiger charge is -2.42. The predicted octanol–water partition coefficient (Wildman–Crippen LogP) is 8.42. The molecule has 2 heterocycles. The Balaban J connectivity index is 1.64. The number of rotatable bonds is 3. The lowest BCUT2D eigenvalue weighted by atomic mass is 10.1. The van der Waals surface area contributed by atoms with E-state index in [1.165, 1.54) is 50.2 Å². The van der Waals surface area contributed by atoms with Gasteiger partial charge in [0.1, 0.15) is 32.9 Å². The molecule has 0 bridgehead atoms. The monoisotopic (exact) mass is 594 g/mol. The van der Waals surface area contributed by atoms with E-state index >= 15 is 0 Å². The zero-order valence-corrected chi connectivity index (χ0v) is 26.8. The normalized spacial score (nSPS) is 23.4. The third-order valence-corrected chi connectivity index (χ3v) is 28.7. The van der Waals surface area contributed by atoms with Crippen LogP contribution in [0.25, 0.3) is 11.1 Å². The van der Waals surface area contributed by atoms with E-state index in [9.17, 15) is 0 Å². The van der Waals surface area contributed by atoms with E-state index in [1.807, 2.05) is 0 Å². The van der Waals surface area contributed by atoms with Gasteiger partial charge < -0.3 is 8.46 Å². The van der Waals surface area contributed by atoms with Crippen LogP contribution in [-0.2, 0) is 0 Å². The Hall–Kier alpha value is -0.362. The summed E-state index contributed by atoms with van der Waals surface area (Å²) in [4.78, 5) is 0. The van der Waals surface area contributed by atoms with Crippen LogP contribution < -0.4 is 8.46 Å². The van der Waals surface area contributed by atoms with Gasteiger partial charge >= 0.3 is 0 Å². The zero-order valence-electron chi connectivity index (χ0n) is 20.6. The van der Waals surface area contributed by atoms with Crippen LogP contribution in [0.3, 0.4) is 0 Å². The number of benzene rings is 2. The molecule has 0 amide bonds. The summed E-state index contributed by atoms with van der Waals surface area (Å²) in [5, 5.41) is 0. The first-order chi connectivity index (χ1) is 14.2. The summed E-state index contributed by atoms with van der Waals surface area (Å²) >= 11 is 2.56. The van der Waals surface area contributed by atoms with Crippen molar-refractivity contribution in [3.63, 3.8) is 0 Å². The maximum Gasteiger partial charge on any atom is 0.141 e. The Kier molecular flexibility index (Phi) is 6.02. The molecule has 2 aliphatic heterocycles. The van der Waals surface area contributed by atoms with Crippen LogP contribution in [0.4, 0.5) is 11.4 Å². The molecule has 0 atom stereocenters. The third kappa shape index (κ3) is 4.29. The van der Waals surface area contributed by atoms with E-state index < -0.39 is 32.9 Å². The predicted molar refractivity (Wildman–Crippen MR) is 159 cm³/mol. The van der Waals surface area contributed by atoms with Gasteiger partial charge in [-0.05, 0) is 82.2 Å². The lowest BCUT2D eigenvalue weighted by molar-refractivity contribution is 1.35. The topological polar surface area (TPSA) is 6.48 Å². The summed E-state index contributed by atoms with van der Waals surface area (Å²) < 4.78 is 7.21. The molecule has 7 heteroatoms. The van der Waals surface area contributed by atoms with Gasteiger partial charge in [-0.15, -0.1) is 0 Å².